The van der Waals surface area contributed by atoms with Crippen molar-refractivity contribution < 1.29 is 28.8 Å². The normalized spacial score (nSPS) is 23.2. The number of thiocarbonyl (C=S) groups is 1. The number of nitriles is 1. The van der Waals surface area contributed by atoms with Gasteiger partial charge in [-0.05, 0) is 76.1 Å². The van der Waals surface area contributed by atoms with Crippen molar-refractivity contribution in [3.8, 4) is 34.8 Å². The fourth-order valence-electron chi connectivity index (χ4n) is 8.67. The average Bonchev–Trinajstić information content (AvgIpc) is 3.62. The monoisotopic (exact) mass is 724 g/mol. The largest absolute Gasteiger partial charge is 0.504 e. The summed E-state index contributed by atoms with van der Waals surface area (Å²) in [6.45, 7) is 9.96. The molecule has 0 aliphatic carbocycles. The van der Waals surface area contributed by atoms with Crippen LogP contribution >= 0.6 is 12.2 Å². The number of ether oxygens (including phenoxy) is 4. The number of anilines is 1. The van der Waals surface area contributed by atoms with E-state index in [2.05, 4.69) is 44.5 Å². The number of carbonyl (C=O) groups is 1. The number of methoxy groups -OCH3 is 1. The Bertz CT molecular complexity index is 1970. The highest BCUT2D eigenvalue weighted by Crippen LogP contribution is 2.58. The van der Waals surface area contributed by atoms with Crippen molar-refractivity contribution in [2.24, 2.45) is 0 Å². The van der Waals surface area contributed by atoms with E-state index < -0.39 is 18.1 Å². The van der Waals surface area contributed by atoms with E-state index in [1.54, 1.807) is 20.1 Å². The molecular formula is C39H44N6O6S. The van der Waals surface area contributed by atoms with E-state index in [-0.39, 0.29) is 49.7 Å². The number of para-hydroxylation sites is 1. The van der Waals surface area contributed by atoms with Crippen LogP contribution in [-0.4, -0.2) is 84.2 Å². The van der Waals surface area contributed by atoms with Crippen molar-refractivity contribution in [2.75, 3.05) is 39.4 Å². The first-order valence-electron chi connectivity index (χ1n) is 17.5. The van der Waals surface area contributed by atoms with Gasteiger partial charge in [0, 0.05) is 46.6 Å². The molecule has 0 aromatic heterocycles. The molecular weight excluding hydrogens is 681 g/mol. The van der Waals surface area contributed by atoms with Crippen LogP contribution in [0.1, 0.15) is 52.4 Å². The maximum Gasteiger partial charge on any atom is 0.242 e. The number of fused-ring (bicyclic) bond motifs is 9. The second-order valence-electron chi connectivity index (χ2n) is 13.8. The number of benzene rings is 3. The Balaban J connectivity index is 1.31. The highest BCUT2D eigenvalue weighted by molar-refractivity contribution is 7.80. The molecule has 4 N–H and O–H groups in total. The lowest BCUT2D eigenvalue weighted by Crippen LogP contribution is -2.69. The molecule has 13 heteroatoms. The van der Waals surface area contributed by atoms with E-state index in [0.29, 0.717) is 41.0 Å². The molecule has 3 aromatic carbocycles. The van der Waals surface area contributed by atoms with Gasteiger partial charge in [0.2, 0.25) is 12.7 Å². The molecule has 0 saturated carbocycles. The number of hydrogen-bond acceptors (Lipinski definition) is 10. The van der Waals surface area contributed by atoms with Crippen LogP contribution < -0.4 is 34.9 Å². The van der Waals surface area contributed by atoms with Crippen LogP contribution in [0, 0.1) is 25.2 Å². The molecule has 0 spiro atoms. The smallest absolute Gasteiger partial charge is 0.242 e. The van der Waals surface area contributed by atoms with Gasteiger partial charge < -0.3 is 40.0 Å². The molecule has 2 bridgehead atoms. The first-order valence-corrected chi connectivity index (χ1v) is 17.9. The van der Waals surface area contributed by atoms with Gasteiger partial charge in [0.05, 0.1) is 25.3 Å². The number of hydrogen-bond donors (Lipinski definition) is 4. The minimum atomic E-state index is -0.671. The molecule has 12 nitrogen and oxygen atoms in total. The first-order chi connectivity index (χ1) is 25.1. The van der Waals surface area contributed by atoms with Gasteiger partial charge in [-0.2, -0.15) is 5.26 Å². The quantitative estimate of drug-likeness (QED) is 0.182. The number of phenols is 1. The predicted molar refractivity (Wildman–Crippen MR) is 200 cm³/mol. The van der Waals surface area contributed by atoms with Crippen LogP contribution in [-0.2, 0) is 17.6 Å². The molecule has 4 aliphatic heterocycles. The molecule has 3 aromatic rings. The summed E-state index contributed by atoms with van der Waals surface area (Å²) < 4.78 is 24.3. The zero-order valence-corrected chi connectivity index (χ0v) is 30.8. The Hall–Kier alpha value is -5.03. The third-order valence-electron chi connectivity index (χ3n) is 10.9. The van der Waals surface area contributed by atoms with E-state index in [0.717, 1.165) is 39.1 Å². The van der Waals surface area contributed by atoms with Crippen LogP contribution in [0.4, 0.5) is 5.69 Å². The number of aromatic hydroxyl groups is 1. The number of amides is 1. The zero-order chi connectivity index (χ0) is 36.8. The van der Waals surface area contributed by atoms with E-state index in [1.165, 1.54) is 0 Å². The van der Waals surface area contributed by atoms with Gasteiger partial charge in [-0.1, -0.05) is 36.9 Å². The van der Waals surface area contributed by atoms with Crippen LogP contribution in [0.5, 0.6) is 28.7 Å². The molecule has 1 saturated heterocycles. The highest BCUT2D eigenvalue weighted by atomic mass is 32.1. The molecule has 272 valence electrons. The van der Waals surface area contributed by atoms with Crippen molar-refractivity contribution >= 4 is 28.9 Å². The van der Waals surface area contributed by atoms with E-state index in [4.69, 9.17) is 31.2 Å². The number of aryl methyl sites for hydroxylation is 1. The first kappa shape index (κ1) is 35.4. The lowest BCUT2D eigenvalue weighted by Gasteiger charge is -2.60. The third-order valence-corrected chi connectivity index (χ3v) is 11.1. The molecule has 6 atom stereocenters. The van der Waals surface area contributed by atoms with Crippen molar-refractivity contribution in [1.29, 1.82) is 5.26 Å². The lowest BCUT2D eigenvalue weighted by atomic mass is 9.71. The average molecular weight is 725 g/mol. The number of carbonyl (C=O) groups excluding carboxylic acids is 1. The number of likely N-dealkylation sites (N-methyl/N-ethyl adjacent to an activating group) is 1. The Morgan fingerprint density at radius 1 is 1.17 bits per heavy atom. The SMILES string of the molecule is C=CCOc1c(C)c2c(c3c1CC1[C@H]4c5c(cc(C)c(OC)c5O)C[C@@H](C(C#N)N1[C@H]3CNC(=O)[C@@H](C)NC(=S)Nc1ccccc1)N4C)OCO2. The number of piperazine rings is 1. The summed E-state index contributed by atoms with van der Waals surface area (Å²) >= 11 is 5.51. The van der Waals surface area contributed by atoms with Gasteiger partial charge >= 0.3 is 0 Å². The molecule has 1 fully saturated rings. The van der Waals surface area contributed by atoms with Gasteiger partial charge in [0.1, 0.15) is 24.4 Å². The Morgan fingerprint density at radius 2 is 1.92 bits per heavy atom. The fourth-order valence-corrected chi connectivity index (χ4v) is 8.96. The Morgan fingerprint density at radius 3 is 2.63 bits per heavy atom. The molecule has 0 radical (unpaired) electrons. The third kappa shape index (κ3) is 5.84. The van der Waals surface area contributed by atoms with Crippen molar-refractivity contribution in [2.45, 2.75) is 69.9 Å². The lowest BCUT2D eigenvalue weighted by molar-refractivity contribution is -0.123. The standard InChI is InChI=1S/C39H44N6O6S/c1-7-13-49-35-21(3)36-37(51-19-50-36)31-25(35)16-27-32-30-23(14-20(2)34(48-6)33(30)46)15-26(44(32)5)28(17-40)45(27)29(31)18-41-38(47)22(4)42-39(52)43-24-11-9-8-10-12-24/h7-12,14,22,26-29,32,46H,1,13,15-16,18-19H2,2-6H3,(H,41,47)(H2,42,43,52)/t22-,26+,27?,28?,29+,32+/m1/s1. The second kappa shape index (κ2) is 14.2. The highest BCUT2D eigenvalue weighted by Gasteiger charge is 2.56. The van der Waals surface area contributed by atoms with E-state index in [1.807, 2.05) is 51.2 Å². The van der Waals surface area contributed by atoms with Crippen LogP contribution in [0.2, 0.25) is 0 Å². The number of rotatable bonds is 9. The van der Waals surface area contributed by atoms with E-state index >= 15 is 0 Å². The molecule has 52 heavy (non-hydrogen) atoms. The van der Waals surface area contributed by atoms with Gasteiger partial charge in [-0.25, -0.2) is 0 Å². The molecule has 4 aliphatic rings. The van der Waals surface area contributed by atoms with Gasteiger partial charge in [-0.15, -0.1) is 0 Å². The van der Waals surface area contributed by atoms with E-state index in [9.17, 15) is 15.2 Å². The predicted octanol–water partition coefficient (Wildman–Crippen LogP) is 4.57. The van der Waals surface area contributed by atoms with Crippen LogP contribution in [0.15, 0.2) is 49.1 Å². The summed E-state index contributed by atoms with van der Waals surface area (Å²) in [6.07, 6.45) is 2.74. The summed E-state index contributed by atoms with van der Waals surface area (Å²) in [4.78, 5) is 18.2. The van der Waals surface area contributed by atoms with Crippen molar-refractivity contribution in [1.82, 2.24) is 20.4 Å². The van der Waals surface area contributed by atoms with Crippen molar-refractivity contribution in [3.05, 3.63) is 82.4 Å². The maximum atomic E-state index is 13.8. The number of phenolic OH excluding ortho intramolecular Hbond substituents is 1. The topological polar surface area (TPSA) is 141 Å². The van der Waals surface area contributed by atoms with Crippen LogP contribution in [0.25, 0.3) is 0 Å². The molecule has 1 amide bonds. The number of nitrogens with zero attached hydrogens (tertiary/aromatic N) is 3. The van der Waals surface area contributed by atoms with Gasteiger partial charge in [0.25, 0.3) is 0 Å². The summed E-state index contributed by atoms with van der Waals surface area (Å²) in [5, 5.41) is 32.4. The second-order valence-corrected chi connectivity index (χ2v) is 14.2. The fraction of sp³-hybridized carbons (Fsp3) is 0.410. The summed E-state index contributed by atoms with van der Waals surface area (Å²) in [5.74, 6) is 2.14. The molecule has 7 rings (SSSR count). The summed E-state index contributed by atoms with van der Waals surface area (Å²) in [7, 11) is 3.59. The maximum absolute atomic E-state index is 13.8. The minimum absolute atomic E-state index is 0.0406. The van der Waals surface area contributed by atoms with Crippen molar-refractivity contribution in [3.63, 3.8) is 0 Å². The molecule has 2 unspecified atom stereocenters. The summed E-state index contributed by atoms with van der Waals surface area (Å²) in [6, 6.07) is 11.7. The Kier molecular flexibility index (Phi) is 9.65. The summed E-state index contributed by atoms with van der Waals surface area (Å²) in [5.41, 5.74) is 5.99. The Labute approximate surface area is 309 Å². The number of nitrogens with one attached hydrogen (secondary N) is 3. The van der Waals surface area contributed by atoms with Crippen LogP contribution in [0.3, 0.4) is 0 Å². The van der Waals surface area contributed by atoms with Gasteiger partial charge in [-0.3, -0.25) is 14.6 Å². The molecule has 4 heterocycles. The minimum Gasteiger partial charge on any atom is -0.504 e. The van der Waals surface area contributed by atoms with Gasteiger partial charge in [0.15, 0.2) is 28.1 Å². The zero-order valence-electron chi connectivity index (χ0n) is 30.0.